The summed E-state index contributed by atoms with van der Waals surface area (Å²) in [6.07, 6.45) is 0. The predicted molar refractivity (Wildman–Crippen MR) is 23.4 cm³/mol. The van der Waals surface area contributed by atoms with E-state index in [2.05, 4.69) is 11.5 Å². The summed E-state index contributed by atoms with van der Waals surface area (Å²) in [6, 6.07) is 0. The average Bonchev–Trinajstić information content (AvgIpc) is 0.918. The Labute approximate surface area is 118 Å². The Bertz CT molecular complexity index is 21.2. The maximum absolute atomic E-state index is 4.62. The molecule has 0 rings (SSSR count). The van der Waals surface area contributed by atoms with Gasteiger partial charge in [0.25, 0.3) is 0 Å². The van der Waals surface area contributed by atoms with E-state index in [4.69, 9.17) is 0 Å². The van der Waals surface area contributed by atoms with Crippen LogP contribution in [0.5, 0.6) is 0 Å². The summed E-state index contributed by atoms with van der Waals surface area (Å²) in [5, 5.41) is 0. The fourth-order valence-corrected chi connectivity index (χ4v) is 0. The second-order valence-electron chi connectivity index (χ2n) is 0.236. The monoisotopic (exact) mass is 136 g/mol. The van der Waals surface area contributed by atoms with Crippen LogP contribution in [0.2, 0.25) is 0 Å². The molecule has 0 saturated heterocycles. The van der Waals surface area contributed by atoms with Crippen molar-refractivity contribution in [2.75, 3.05) is 6.67 Å². The molecule has 0 unspecified atom stereocenters. The molecule has 0 radical (unpaired) electrons. The van der Waals surface area contributed by atoms with E-state index < -0.39 is 0 Å². The summed E-state index contributed by atoms with van der Waals surface area (Å²) in [7, 11) is 0. The Morgan fingerprint density at radius 2 is 1.17 bits per heavy atom. The van der Waals surface area contributed by atoms with E-state index in [0.29, 0.717) is 0 Å². The molecule has 0 aliphatic carbocycles. The molecule has 5 heteroatoms. The van der Waals surface area contributed by atoms with Crippen molar-refractivity contribution < 1.29 is 64.8 Å². The fraction of sp³-hybridized carbons (Fsp3) is 1.00. The Morgan fingerprint density at radius 1 is 1.17 bits per heavy atom. The van der Waals surface area contributed by atoms with Crippen molar-refractivity contribution in [3.63, 3.8) is 0 Å². The van der Waals surface area contributed by atoms with Crippen molar-refractivity contribution in [3.05, 3.63) is 0 Å². The van der Waals surface area contributed by atoms with Crippen molar-refractivity contribution in [1.29, 1.82) is 0 Å². The van der Waals surface area contributed by atoms with Gasteiger partial charge in [-0.1, -0.05) is 0 Å². The molecule has 0 bridgehead atoms. The number of nitrogens with two attached hydrogens (primary N) is 2. The van der Waals surface area contributed by atoms with Crippen LogP contribution in [0.3, 0.4) is 0 Å². The summed E-state index contributed by atoms with van der Waals surface area (Å²) in [6.45, 7) is 0.250. The molecule has 0 aromatic heterocycles. The normalized spacial score (nSPS) is 3.00. The van der Waals surface area contributed by atoms with Crippen LogP contribution in [0.15, 0.2) is 0 Å². The summed E-state index contributed by atoms with van der Waals surface area (Å²) in [5.74, 6) is 0. The standard InChI is InChI=1S/CH6N2.Ca.2Na.4H/c2-1-3;;;;;;;/h1-3H2;;;;;;;/q;+2;2*+1;4*-1. The van der Waals surface area contributed by atoms with Crippen LogP contribution < -0.4 is 70.6 Å². The molecule has 0 aromatic rings. The first kappa shape index (κ1) is 22.9. The van der Waals surface area contributed by atoms with E-state index in [9.17, 15) is 0 Å². The molecule has 2 nitrogen and oxygen atoms in total. The predicted octanol–water partition coefficient (Wildman–Crippen LogP) is -7.06. The molecule has 6 heavy (non-hydrogen) atoms. The third-order valence-corrected chi connectivity index (χ3v) is 0. The first-order chi connectivity index (χ1) is 1.41. The van der Waals surface area contributed by atoms with Crippen molar-refractivity contribution in [2.45, 2.75) is 0 Å². The van der Waals surface area contributed by atoms with Crippen molar-refractivity contribution in [1.82, 2.24) is 0 Å². The zero-order valence-electron chi connectivity index (χ0n) is 8.57. The van der Waals surface area contributed by atoms with Crippen LogP contribution >= 0.6 is 0 Å². The average molecular weight is 136 g/mol. The van der Waals surface area contributed by atoms with Gasteiger partial charge in [0, 0.05) is 6.67 Å². The summed E-state index contributed by atoms with van der Waals surface area (Å²) >= 11 is 0. The van der Waals surface area contributed by atoms with Gasteiger partial charge in [-0.15, -0.1) is 0 Å². The molecule has 0 aliphatic rings. The van der Waals surface area contributed by atoms with E-state index in [1.165, 1.54) is 0 Å². The van der Waals surface area contributed by atoms with Gasteiger partial charge in [-0.3, -0.25) is 0 Å². The van der Waals surface area contributed by atoms with Crippen LogP contribution in [-0.2, 0) is 0 Å². The minimum absolute atomic E-state index is 0. The topological polar surface area (TPSA) is 52.0 Å². The molecule has 0 atom stereocenters. The largest absolute Gasteiger partial charge is 2.00 e. The minimum atomic E-state index is 0. The van der Waals surface area contributed by atoms with E-state index in [-0.39, 0.29) is 109 Å². The van der Waals surface area contributed by atoms with Crippen LogP contribution in [0, 0.1) is 0 Å². The third-order valence-electron chi connectivity index (χ3n) is 0. The molecule has 0 aromatic carbocycles. The number of hydrogen-bond donors (Lipinski definition) is 2. The number of rotatable bonds is 0. The zero-order chi connectivity index (χ0) is 2.71. The molecule has 28 valence electrons. The SMILES string of the molecule is NCN.[Ca+2].[H-].[H-].[H-].[H-].[Na+].[Na+]. The summed E-state index contributed by atoms with van der Waals surface area (Å²) < 4.78 is 0. The van der Waals surface area contributed by atoms with Crippen LogP contribution in [-0.4, -0.2) is 44.4 Å². The van der Waals surface area contributed by atoms with Gasteiger partial charge in [0.2, 0.25) is 0 Å². The molecular weight excluding hydrogens is 126 g/mol. The molecule has 0 spiro atoms. The van der Waals surface area contributed by atoms with E-state index in [1.54, 1.807) is 0 Å². The van der Waals surface area contributed by atoms with E-state index in [1.807, 2.05) is 0 Å². The maximum atomic E-state index is 4.62. The Balaban J connectivity index is -0.000000000952. The molecule has 0 fully saturated rings. The van der Waals surface area contributed by atoms with Gasteiger partial charge in [0.15, 0.2) is 0 Å². The van der Waals surface area contributed by atoms with Gasteiger partial charge in [0.05, 0.1) is 0 Å². The van der Waals surface area contributed by atoms with Gasteiger partial charge in [-0.2, -0.15) is 0 Å². The minimum Gasteiger partial charge on any atom is -1.00 e. The quantitative estimate of drug-likeness (QED) is 0.257. The Kier molecular flexibility index (Phi) is 92.1. The summed E-state index contributed by atoms with van der Waals surface area (Å²) in [4.78, 5) is 0. The summed E-state index contributed by atoms with van der Waals surface area (Å²) in [5.41, 5.74) is 9.25. The first-order valence-corrected chi connectivity index (χ1v) is 0.816. The van der Waals surface area contributed by atoms with Gasteiger partial charge in [-0.05, 0) is 0 Å². The van der Waals surface area contributed by atoms with Crippen molar-refractivity contribution >= 4 is 37.7 Å². The number of hydrogen-bond acceptors (Lipinski definition) is 2. The van der Waals surface area contributed by atoms with Gasteiger partial charge < -0.3 is 17.2 Å². The van der Waals surface area contributed by atoms with Gasteiger partial charge in [0.1, 0.15) is 0 Å². The van der Waals surface area contributed by atoms with Gasteiger partial charge in [-0.25, -0.2) is 0 Å². The second kappa shape index (κ2) is 24.1. The Morgan fingerprint density at radius 3 is 1.17 bits per heavy atom. The third kappa shape index (κ3) is 27.1. The van der Waals surface area contributed by atoms with Crippen LogP contribution in [0.1, 0.15) is 5.71 Å². The van der Waals surface area contributed by atoms with E-state index >= 15 is 0 Å². The molecular formula is CH10CaN2Na2. The molecule has 0 amide bonds. The maximum Gasteiger partial charge on any atom is 2.00 e. The zero-order valence-corrected chi connectivity index (χ0v) is 10.8. The van der Waals surface area contributed by atoms with Crippen LogP contribution in [0.25, 0.3) is 0 Å². The van der Waals surface area contributed by atoms with Crippen molar-refractivity contribution in [3.8, 4) is 0 Å². The molecule has 0 heterocycles. The molecule has 0 aliphatic heterocycles. The van der Waals surface area contributed by atoms with Crippen LogP contribution in [0.4, 0.5) is 0 Å². The second-order valence-corrected chi connectivity index (χ2v) is 0.236. The first-order valence-electron chi connectivity index (χ1n) is 0.816. The van der Waals surface area contributed by atoms with Gasteiger partial charge >= 0.3 is 96.9 Å². The van der Waals surface area contributed by atoms with Crippen molar-refractivity contribution in [2.24, 2.45) is 11.5 Å². The molecule has 4 N–H and O–H groups in total. The Hall–Kier alpha value is 3.18. The fourth-order valence-electron chi connectivity index (χ4n) is 0. The smallest absolute Gasteiger partial charge is 1.00 e. The van der Waals surface area contributed by atoms with E-state index in [0.717, 1.165) is 0 Å². The molecule has 0 saturated carbocycles.